The lowest BCUT2D eigenvalue weighted by Gasteiger charge is -2.48. The number of likely N-dealkylation sites (N-methyl/N-ethyl adjacent to an activating group) is 2. The first-order valence-corrected chi connectivity index (χ1v) is 9.06. The summed E-state index contributed by atoms with van der Waals surface area (Å²) < 4.78 is 0. The molecule has 0 aliphatic rings. The van der Waals surface area contributed by atoms with E-state index in [2.05, 4.69) is 61.8 Å². The molecule has 0 spiro atoms. The first-order chi connectivity index (χ1) is 9.68. The van der Waals surface area contributed by atoms with Gasteiger partial charge in [0.05, 0.1) is 0 Å². The number of rotatable bonds is 10. The molecule has 1 aromatic rings. The predicted molar refractivity (Wildman–Crippen MR) is 91.7 cm³/mol. The average molecular weight is 297 g/mol. The largest absolute Gasteiger partial charge is 0.315 e. The molecule has 1 heterocycles. The molecule has 1 rings (SSSR count). The van der Waals surface area contributed by atoms with E-state index < -0.39 is 0 Å². The van der Waals surface area contributed by atoms with Gasteiger partial charge in [-0.3, -0.25) is 4.90 Å². The van der Waals surface area contributed by atoms with Crippen LogP contribution >= 0.6 is 11.3 Å². The van der Waals surface area contributed by atoms with Crippen molar-refractivity contribution in [1.82, 2.24) is 10.2 Å². The zero-order valence-corrected chi connectivity index (χ0v) is 14.7. The molecule has 0 saturated heterocycles. The van der Waals surface area contributed by atoms with Crippen molar-refractivity contribution in [3.63, 3.8) is 0 Å². The van der Waals surface area contributed by atoms with Crippen LogP contribution in [0.15, 0.2) is 16.8 Å². The quantitative estimate of drug-likeness (QED) is 0.697. The molecule has 0 aromatic carbocycles. The van der Waals surface area contributed by atoms with Crippen molar-refractivity contribution in [3.8, 4) is 0 Å². The van der Waals surface area contributed by atoms with Gasteiger partial charge in [-0.15, -0.1) is 0 Å². The Balaban J connectivity index is 2.84. The number of nitrogens with zero attached hydrogens (tertiary/aromatic N) is 1. The fourth-order valence-electron chi connectivity index (χ4n) is 3.69. The van der Waals surface area contributed by atoms with Gasteiger partial charge in [0, 0.05) is 11.6 Å². The zero-order chi connectivity index (χ0) is 15.0. The fourth-order valence-corrected chi connectivity index (χ4v) is 4.39. The molecule has 1 aromatic heterocycles. The van der Waals surface area contributed by atoms with Crippen LogP contribution in [0, 0.1) is 0 Å². The monoisotopic (exact) mass is 296 g/mol. The van der Waals surface area contributed by atoms with E-state index in [1.807, 2.05) is 0 Å². The molecule has 1 atom stereocenters. The van der Waals surface area contributed by atoms with Crippen LogP contribution in [0.5, 0.6) is 0 Å². The number of thiophene rings is 1. The normalized spacial score (nSPS) is 13.9. The third kappa shape index (κ3) is 3.84. The van der Waals surface area contributed by atoms with Crippen molar-refractivity contribution >= 4 is 11.3 Å². The van der Waals surface area contributed by atoms with Gasteiger partial charge in [-0.25, -0.2) is 0 Å². The molecule has 116 valence electrons. The standard InChI is InChI=1S/C17H32N2S/c1-6-17(7-2,19(8-3)9-4)16(18-5)11-10-15-12-13-20-14-15/h12-14,16,18H,6-11H2,1-5H3. The Labute approximate surface area is 129 Å². The minimum atomic E-state index is 0.286. The van der Waals surface area contributed by atoms with Crippen molar-refractivity contribution in [2.75, 3.05) is 20.1 Å². The SMILES string of the molecule is CCN(CC)C(CC)(CC)C(CCc1ccsc1)NC. The minimum absolute atomic E-state index is 0.286. The van der Waals surface area contributed by atoms with E-state index in [0.29, 0.717) is 6.04 Å². The van der Waals surface area contributed by atoms with E-state index >= 15 is 0 Å². The minimum Gasteiger partial charge on any atom is -0.315 e. The lowest BCUT2D eigenvalue weighted by Crippen LogP contribution is -2.60. The van der Waals surface area contributed by atoms with Gasteiger partial charge in [-0.1, -0.05) is 27.7 Å². The van der Waals surface area contributed by atoms with E-state index in [4.69, 9.17) is 0 Å². The van der Waals surface area contributed by atoms with E-state index in [1.54, 1.807) is 11.3 Å². The summed E-state index contributed by atoms with van der Waals surface area (Å²) in [7, 11) is 2.13. The Bertz CT molecular complexity index is 340. The molecule has 2 nitrogen and oxygen atoms in total. The smallest absolute Gasteiger partial charge is 0.0357 e. The summed E-state index contributed by atoms with van der Waals surface area (Å²) in [6.45, 7) is 11.5. The summed E-state index contributed by atoms with van der Waals surface area (Å²) in [5.74, 6) is 0. The summed E-state index contributed by atoms with van der Waals surface area (Å²) in [6, 6.07) is 2.81. The van der Waals surface area contributed by atoms with Crippen LogP contribution in [0.3, 0.4) is 0 Å². The first-order valence-electron chi connectivity index (χ1n) is 8.11. The number of hydrogen-bond donors (Lipinski definition) is 1. The molecule has 1 N–H and O–H groups in total. The molecule has 3 heteroatoms. The van der Waals surface area contributed by atoms with Crippen LogP contribution in [-0.2, 0) is 6.42 Å². The van der Waals surface area contributed by atoms with Crippen LogP contribution in [-0.4, -0.2) is 36.6 Å². The van der Waals surface area contributed by atoms with Crippen LogP contribution in [0.25, 0.3) is 0 Å². The molecule has 0 radical (unpaired) electrons. The fraction of sp³-hybridized carbons (Fsp3) is 0.765. The summed E-state index contributed by atoms with van der Waals surface area (Å²) in [5, 5.41) is 8.08. The Morgan fingerprint density at radius 1 is 1.20 bits per heavy atom. The highest BCUT2D eigenvalue weighted by Crippen LogP contribution is 2.30. The molecule has 0 bridgehead atoms. The third-order valence-corrected chi connectivity index (χ3v) is 5.65. The maximum atomic E-state index is 3.62. The zero-order valence-electron chi connectivity index (χ0n) is 13.9. The lowest BCUT2D eigenvalue weighted by molar-refractivity contribution is 0.0489. The van der Waals surface area contributed by atoms with E-state index in [1.165, 1.54) is 31.2 Å². The van der Waals surface area contributed by atoms with Gasteiger partial charge in [-0.05, 0) is 68.2 Å². The summed E-state index contributed by atoms with van der Waals surface area (Å²) in [5.41, 5.74) is 1.77. The molecule has 0 aliphatic carbocycles. The van der Waals surface area contributed by atoms with Crippen LogP contribution in [0.1, 0.15) is 52.5 Å². The van der Waals surface area contributed by atoms with Gasteiger partial charge in [0.25, 0.3) is 0 Å². The number of nitrogens with one attached hydrogen (secondary N) is 1. The average Bonchev–Trinajstić information content (AvgIpc) is 3.00. The summed E-state index contributed by atoms with van der Waals surface area (Å²) >= 11 is 1.80. The second-order valence-electron chi connectivity index (χ2n) is 5.49. The Morgan fingerprint density at radius 2 is 1.85 bits per heavy atom. The first kappa shape index (κ1) is 17.7. The van der Waals surface area contributed by atoms with E-state index in [0.717, 1.165) is 13.1 Å². The highest BCUT2D eigenvalue weighted by molar-refractivity contribution is 7.07. The van der Waals surface area contributed by atoms with Gasteiger partial charge in [0.15, 0.2) is 0 Å². The molecule has 20 heavy (non-hydrogen) atoms. The van der Waals surface area contributed by atoms with Crippen molar-refractivity contribution in [2.24, 2.45) is 0 Å². The third-order valence-electron chi connectivity index (χ3n) is 4.92. The van der Waals surface area contributed by atoms with Crippen molar-refractivity contribution in [2.45, 2.75) is 65.0 Å². The summed E-state index contributed by atoms with van der Waals surface area (Å²) in [6.07, 6.45) is 4.81. The summed E-state index contributed by atoms with van der Waals surface area (Å²) in [4.78, 5) is 2.65. The lowest BCUT2D eigenvalue weighted by atomic mass is 9.80. The Kier molecular flexibility index (Phi) is 7.78. The maximum Gasteiger partial charge on any atom is 0.0357 e. The highest BCUT2D eigenvalue weighted by Gasteiger charge is 2.38. The van der Waals surface area contributed by atoms with Crippen LogP contribution < -0.4 is 5.32 Å². The van der Waals surface area contributed by atoms with E-state index in [-0.39, 0.29) is 5.54 Å². The molecule has 0 aliphatic heterocycles. The van der Waals surface area contributed by atoms with Gasteiger partial charge in [0.2, 0.25) is 0 Å². The second kappa shape index (κ2) is 8.81. The topological polar surface area (TPSA) is 15.3 Å². The van der Waals surface area contributed by atoms with Gasteiger partial charge in [-0.2, -0.15) is 11.3 Å². The van der Waals surface area contributed by atoms with Crippen LogP contribution in [0.2, 0.25) is 0 Å². The molecule has 0 amide bonds. The predicted octanol–water partition coefficient (Wildman–Crippen LogP) is 4.17. The second-order valence-corrected chi connectivity index (χ2v) is 6.27. The van der Waals surface area contributed by atoms with Crippen molar-refractivity contribution < 1.29 is 0 Å². The van der Waals surface area contributed by atoms with Gasteiger partial charge < -0.3 is 5.32 Å². The highest BCUT2D eigenvalue weighted by atomic mass is 32.1. The Hall–Kier alpha value is -0.380. The molecular weight excluding hydrogens is 264 g/mol. The van der Waals surface area contributed by atoms with Crippen molar-refractivity contribution in [3.05, 3.63) is 22.4 Å². The maximum absolute atomic E-state index is 3.62. The number of aryl methyl sites for hydroxylation is 1. The molecule has 1 unspecified atom stereocenters. The number of hydrogen-bond acceptors (Lipinski definition) is 3. The van der Waals surface area contributed by atoms with E-state index in [9.17, 15) is 0 Å². The van der Waals surface area contributed by atoms with Gasteiger partial charge in [0.1, 0.15) is 0 Å². The van der Waals surface area contributed by atoms with Crippen LogP contribution in [0.4, 0.5) is 0 Å². The molecule has 0 fully saturated rings. The Morgan fingerprint density at radius 3 is 2.25 bits per heavy atom. The molecular formula is C17H32N2S. The van der Waals surface area contributed by atoms with Gasteiger partial charge >= 0.3 is 0 Å². The molecule has 0 saturated carbocycles. The van der Waals surface area contributed by atoms with Crippen molar-refractivity contribution in [1.29, 1.82) is 0 Å².